The predicted octanol–water partition coefficient (Wildman–Crippen LogP) is 0.0225. The Morgan fingerprint density at radius 3 is 2.33 bits per heavy atom. The van der Waals surface area contributed by atoms with Crippen LogP contribution in [-0.4, -0.2) is 53.8 Å². The first-order chi connectivity index (χ1) is 8.65. The number of aliphatic hydroxyl groups is 3. The first-order valence-corrected chi connectivity index (χ1v) is 6.05. The lowest BCUT2D eigenvalue weighted by molar-refractivity contribution is 0.0929. The van der Waals surface area contributed by atoms with E-state index in [1.807, 2.05) is 0 Å². The zero-order valence-corrected chi connectivity index (χ0v) is 10.7. The smallest absolute Gasteiger partial charge is 0.119 e. The van der Waals surface area contributed by atoms with Crippen molar-refractivity contribution in [3.63, 3.8) is 0 Å². The van der Waals surface area contributed by atoms with E-state index in [1.54, 1.807) is 24.3 Å². The van der Waals surface area contributed by atoms with Gasteiger partial charge in [-0.2, -0.15) is 0 Å². The fourth-order valence-electron chi connectivity index (χ4n) is 1.27. The number of ether oxygens (including phenoxy) is 1. The van der Waals surface area contributed by atoms with Crippen LogP contribution in [-0.2, 0) is 0 Å². The molecule has 0 radical (unpaired) electrons. The highest BCUT2D eigenvalue weighted by Gasteiger charge is 2.09. The van der Waals surface area contributed by atoms with Crippen LogP contribution in [0.4, 0.5) is 0 Å². The monoisotopic (exact) mass is 275 g/mol. The molecule has 0 bridgehead atoms. The summed E-state index contributed by atoms with van der Waals surface area (Å²) in [6, 6.07) is 6.42. The number of halogens is 1. The van der Waals surface area contributed by atoms with E-state index in [-0.39, 0.29) is 26.4 Å². The second-order valence-corrected chi connectivity index (χ2v) is 4.33. The second-order valence-electron chi connectivity index (χ2n) is 3.89. The number of aliphatic hydroxyl groups excluding tert-OH is 3. The Morgan fingerprint density at radius 2 is 1.78 bits per heavy atom. The van der Waals surface area contributed by atoms with Crippen molar-refractivity contribution < 1.29 is 20.1 Å². The first-order valence-electron chi connectivity index (χ1n) is 5.67. The lowest BCUT2D eigenvalue weighted by atomic mass is 10.3. The van der Waals surface area contributed by atoms with E-state index in [2.05, 4.69) is 5.32 Å². The van der Waals surface area contributed by atoms with Crippen LogP contribution in [0.3, 0.4) is 0 Å². The fourth-order valence-corrected chi connectivity index (χ4v) is 1.40. The molecular formula is C12H18ClNO4. The molecule has 0 saturated heterocycles. The molecule has 1 rings (SSSR count). The van der Waals surface area contributed by atoms with Crippen molar-refractivity contribution in [3.05, 3.63) is 29.3 Å². The summed E-state index contributed by atoms with van der Waals surface area (Å²) in [6.07, 6.45) is -0.721. The molecule has 0 heterocycles. The lowest BCUT2D eigenvalue weighted by Gasteiger charge is -2.17. The second kappa shape index (κ2) is 8.29. The Balaban J connectivity index is 2.24. The van der Waals surface area contributed by atoms with Crippen LogP contribution >= 0.6 is 11.6 Å². The van der Waals surface area contributed by atoms with E-state index < -0.39 is 12.1 Å². The maximum Gasteiger partial charge on any atom is 0.119 e. The van der Waals surface area contributed by atoms with Gasteiger partial charge in [-0.1, -0.05) is 11.6 Å². The minimum absolute atomic E-state index is 0.123. The zero-order chi connectivity index (χ0) is 13.4. The van der Waals surface area contributed by atoms with Crippen LogP contribution in [0.5, 0.6) is 5.75 Å². The number of benzene rings is 1. The third-order valence-corrected chi connectivity index (χ3v) is 2.59. The molecule has 18 heavy (non-hydrogen) atoms. The maximum atomic E-state index is 9.63. The number of hydrogen-bond acceptors (Lipinski definition) is 5. The molecule has 0 aliphatic rings. The highest BCUT2D eigenvalue weighted by atomic mass is 35.5. The van der Waals surface area contributed by atoms with Gasteiger partial charge >= 0.3 is 0 Å². The average molecular weight is 276 g/mol. The van der Waals surface area contributed by atoms with E-state index in [0.717, 1.165) is 0 Å². The minimum Gasteiger partial charge on any atom is -0.491 e. The largest absolute Gasteiger partial charge is 0.491 e. The van der Waals surface area contributed by atoms with Crippen molar-refractivity contribution in [3.8, 4) is 5.75 Å². The molecule has 1 atom stereocenters. The van der Waals surface area contributed by atoms with Crippen molar-refractivity contribution in [2.45, 2.75) is 12.1 Å². The van der Waals surface area contributed by atoms with Gasteiger partial charge in [0.15, 0.2) is 0 Å². The third-order valence-electron chi connectivity index (χ3n) is 2.34. The number of rotatable bonds is 8. The summed E-state index contributed by atoms with van der Waals surface area (Å²) in [7, 11) is 0. The number of nitrogens with one attached hydrogen (secondary N) is 1. The molecule has 0 aliphatic carbocycles. The van der Waals surface area contributed by atoms with Crippen LogP contribution in [0, 0.1) is 0 Å². The summed E-state index contributed by atoms with van der Waals surface area (Å²) >= 11 is 5.73. The maximum absolute atomic E-state index is 9.63. The van der Waals surface area contributed by atoms with E-state index in [4.69, 9.17) is 26.6 Å². The van der Waals surface area contributed by atoms with Gasteiger partial charge in [0.25, 0.3) is 0 Å². The minimum atomic E-state index is -0.721. The van der Waals surface area contributed by atoms with Crippen LogP contribution in [0.15, 0.2) is 24.3 Å². The predicted molar refractivity (Wildman–Crippen MR) is 68.9 cm³/mol. The van der Waals surface area contributed by atoms with E-state index in [9.17, 15) is 5.11 Å². The molecule has 1 unspecified atom stereocenters. The molecule has 1 aromatic rings. The molecule has 102 valence electrons. The van der Waals surface area contributed by atoms with Gasteiger partial charge in [0.1, 0.15) is 18.5 Å². The summed E-state index contributed by atoms with van der Waals surface area (Å²) in [6.45, 7) is 0.000108. The van der Waals surface area contributed by atoms with E-state index in [0.29, 0.717) is 10.8 Å². The number of hydrogen-bond donors (Lipinski definition) is 4. The van der Waals surface area contributed by atoms with Crippen molar-refractivity contribution in [1.29, 1.82) is 0 Å². The Labute approximate surface area is 111 Å². The topological polar surface area (TPSA) is 82.0 Å². The molecule has 6 heteroatoms. The average Bonchev–Trinajstić information content (AvgIpc) is 2.39. The van der Waals surface area contributed by atoms with E-state index >= 15 is 0 Å². The van der Waals surface area contributed by atoms with Crippen LogP contribution in [0.25, 0.3) is 0 Å². The van der Waals surface area contributed by atoms with Gasteiger partial charge < -0.3 is 25.4 Å². The van der Waals surface area contributed by atoms with Gasteiger partial charge in [-0.15, -0.1) is 0 Å². The van der Waals surface area contributed by atoms with Crippen molar-refractivity contribution in [1.82, 2.24) is 5.32 Å². The summed E-state index contributed by atoms with van der Waals surface area (Å²) in [5, 5.41) is 30.7. The molecular weight excluding hydrogens is 258 g/mol. The van der Waals surface area contributed by atoms with Crippen LogP contribution < -0.4 is 10.1 Å². The Morgan fingerprint density at radius 1 is 1.17 bits per heavy atom. The Kier molecular flexibility index (Phi) is 7.00. The van der Waals surface area contributed by atoms with Gasteiger partial charge in [0, 0.05) is 11.6 Å². The van der Waals surface area contributed by atoms with Gasteiger partial charge in [-0.25, -0.2) is 0 Å². The van der Waals surface area contributed by atoms with Crippen molar-refractivity contribution >= 4 is 11.6 Å². The third kappa shape index (κ3) is 5.66. The fraction of sp³-hybridized carbons (Fsp3) is 0.500. The molecule has 1 aromatic carbocycles. The Bertz CT molecular complexity index is 329. The molecule has 0 saturated carbocycles. The molecule has 0 amide bonds. The zero-order valence-electron chi connectivity index (χ0n) is 9.92. The van der Waals surface area contributed by atoms with Crippen molar-refractivity contribution in [2.24, 2.45) is 0 Å². The van der Waals surface area contributed by atoms with Gasteiger partial charge in [0.2, 0.25) is 0 Å². The molecule has 0 fully saturated rings. The SMILES string of the molecule is OCC(CO)NCC(O)COc1ccc(Cl)cc1. The van der Waals surface area contributed by atoms with Gasteiger partial charge in [0.05, 0.1) is 19.3 Å². The van der Waals surface area contributed by atoms with E-state index in [1.165, 1.54) is 0 Å². The standard InChI is InChI=1S/C12H18ClNO4/c13-9-1-3-12(4-2-9)18-8-11(17)5-14-10(6-15)7-16/h1-4,10-11,14-17H,5-8H2. The highest BCUT2D eigenvalue weighted by molar-refractivity contribution is 6.30. The first kappa shape index (κ1) is 15.2. The summed E-state index contributed by atoms with van der Waals surface area (Å²) in [4.78, 5) is 0. The summed E-state index contributed by atoms with van der Waals surface area (Å²) < 4.78 is 5.35. The van der Waals surface area contributed by atoms with Crippen LogP contribution in [0.1, 0.15) is 0 Å². The highest BCUT2D eigenvalue weighted by Crippen LogP contribution is 2.15. The van der Waals surface area contributed by atoms with Crippen molar-refractivity contribution in [2.75, 3.05) is 26.4 Å². The molecule has 0 aromatic heterocycles. The summed E-state index contributed by atoms with van der Waals surface area (Å²) in [5.74, 6) is 0.624. The van der Waals surface area contributed by atoms with Gasteiger partial charge in [-0.3, -0.25) is 0 Å². The lowest BCUT2D eigenvalue weighted by Crippen LogP contribution is -2.41. The molecule has 5 nitrogen and oxygen atoms in total. The molecule has 4 N–H and O–H groups in total. The normalized spacial score (nSPS) is 12.7. The van der Waals surface area contributed by atoms with Crippen LogP contribution in [0.2, 0.25) is 5.02 Å². The quantitative estimate of drug-likeness (QED) is 0.538. The summed E-state index contributed by atoms with van der Waals surface area (Å²) in [5.41, 5.74) is 0. The van der Waals surface area contributed by atoms with Gasteiger partial charge in [-0.05, 0) is 24.3 Å². The Hall–Kier alpha value is -0.850. The molecule has 0 spiro atoms. The molecule has 0 aliphatic heterocycles.